The van der Waals surface area contributed by atoms with Crippen molar-refractivity contribution in [3.63, 3.8) is 0 Å². The van der Waals surface area contributed by atoms with Gasteiger partial charge in [0.2, 0.25) is 0 Å². The van der Waals surface area contributed by atoms with Gasteiger partial charge >= 0.3 is 0 Å². The lowest BCUT2D eigenvalue weighted by atomic mass is 10.1. The summed E-state index contributed by atoms with van der Waals surface area (Å²) in [5.74, 6) is -0.581. The first-order valence-electron chi connectivity index (χ1n) is 5.53. The smallest absolute Gasteiger partial charge is 0.254 e. The molecule has 1 aromatic rings. The van der Waals surface area contributed by atoms with Crippen molar-refractivity contribution in [1.82, 2.24) is 4.90 Å². The fourth-order valence-corrected chi connectivity index (χ4v) is 2.71. The number of ether oxygens (including phenoxy) is 1. The standard InChI is InChI=1S/C12H12Br2FNO2/c13-6-11-7-16(1-2-18-11)12(17)8-3-9(14)5-10(15)4-8/h3-5,11H,1-2,6-7H2. The number of benzene rings is 1. The molecule has 0 spiro atoms. The van der Waals surface area contributed by atoms with E-state index in [1.165, 1.54) is 12.1 Å². The fraction of sp³-hybridized carbons (Fsp3) is 0.417. The van der Waals surface area contributed by atoms with Crippen molar-refractivity contribution in [1.29, 1.82) is 0 Å². The normalized spacial score (nSPS) is 19.9. The van der Waals surface area contributed by atoms with Crippen LogP contribution in [0.25, 0.3) is 0 Å². The minimum absolute atomic E-state index is 0.000278. The molecule has 18 heavy (non-hydrogen) atoms. The number of nitrogens with zero attached hydrogens (tertiary/aromatic N) is 1. The first-order chi connectivity index (χ1) is 8.60. The lowest BCUT2D eigenvalue weighted by Gasteiger charge is -2.32. The van der Waals surface area contributed by atoms with E-state index in [1.54, 1.807) is 11.0 Å². The zero-order chi connectivity index (χ0) is 13.1. The van der Waals surface area contributed by atoms with Gasteiger partial charge in [-0.3, -0.25) is 4.79 Å². The van der Waals surface area contributed by atoms with Crippen LogP contribution in [0.2, 0.25) is 0 Å². The van der Waals surface area contributed by atoms with E-state index in [0.29, 0.717) is 35.1 Å². The molecule has 0 aliphatic carbocycles. The average molecular weight is 381 g/mol. The number of alkyl halides is 1. The van der Waals surface area contributed by atoms with Crippen molar-refractivity contribution < 1.29 is 13.9 Å². The zero-order valence-electron chi connectivity index (χ0n) is 9.54. The summed E-state index contributed by atoms with van der Waals surface area (Å²) in [6.07, 6.45) is -0.000278. The molecule has 98 valence electrons. The van der Waals surface area contributed by atoms with Gasteiger partial charge in [0.25, 0.3) is 5.91 Å². The molecule has 0 bridgehead atoms. The second-order valence-electron chi connectivity index (χ2n) is 4.06. The Balaban J connectivity index is 2.15. The number of rotatable bonds is 2. The van der Waals surface area contributed by atoms with Gasteiger partial charge in [-0.15, -0.1) is 0 Å². The van der Waals surface area contributed by atoms with Crippen LogP contribution in [-0.4, -0.2) is 41.9 Å². The molecule has 1 aromatic carbocycles. The third-order valence-electron chi connectivity index (χ3n) is 2.71. The molecule has 1 aliphatic heterocycles. The van der Waals surface area contributed by atoms with Gasteiger partial charge in [0.05, 0.1) is 12.7 Å². The quantitative estimate of drug-likeness (QED) is 0.738. The van der Waals surface area contributed by atoms with Crippen molar-refractivity contribution in [2.75, 3.05) is 25.0 Å². The van der Waals surface area contributed by atoms with Crippen LogP contribution in [0.4, 0.5) is 4.39 Å². The molecule has 0 radical (unpaired) electrons. The summed E-state index contributed by atoms with van der Waals surface area (Å²) in [4.78, 5) is 13.9. The van der Waals surface area contributed by atoms with E-state index in [1.807, 2.05) is 0 Å². The van der Waals surface area contributed by atoms with Crippen LogP contribution in [0.1, 0.15) is 10.4 Å². The monoisotopic (exact) mass is 379 g/mol. The van der Waals surface area contributed by atoms with Crippen LogP contribution < -0.4 is 0 Å². The summed E-state index contributed by atoms with van der Waals surface area (Å²) in [7, 11) is 0. The molecule has 3 nitrogen and oxygen atoms in total. The Morgan fingerprint density at radius 2 is 2.28 bits per heavy atom. The van der Waals surface area contributed by atoms with Crippen molar-refractivity contribution >= 4 is 37.8 Å². The summed E-state index contributed by atoms with van der Waals surface area (Å²) < 4.78 is 19.3. The molecule has 1 unspecified atom stereocenters. The Kier molecular flexibility index (Phi) is 4.75. The third-order valence-corrected chi connectivity index (χ3v) is 3.89. The van der Waals surface area contributed by atoms with Gasteiger partial charge in [0, 0.05) is 28.5 Å². The van der Waals surface area contributed by atoms with E-state index in [9.17, 15) is 9.18 Å². The van der Waals surface area contributed by atoms with Crippen molar-refractivity contribution in [3.05, 3.63) is 34.1 Å². The average Bonchev–Trinajstić information content (AvgIpc) is 2.37. The predicted molar refractivity (Wildman–Crippen MR) is 73.5 cm³/mol. The molecule has 0 aromatic heterocycles. The van der Waals surface area contributed by atoms with E-state index in [-0.39, 0.29) is 12.0 Å². The van der Waals surface area contributed by atoms with Crippen LogP contribution in [0.15, 0.2) is 22.7 Å². The predicted octanol–water partition coefficient (Wildman–Crippen LogP) is 2.82. The zero-order valence-corrected chi connectivity index (χ0v) is 12.7. The molecular formula is C12H12Br2FNO2. The minimum atomic E-state index is -0.418. The van der Waals surface area contributed by atoms with Crippen LogP contribution in [0, 0.1) is 5.82 Å². The Morgan fingerprint density at radius 3 is 2.94 bits per heavy atom. The lowest BCUT2D eigenvalue weighted by molar-refractivity contribution is -0.00966. The molecule has 0 saturated carbocycles. The van der Waals surface area contributed by atoms with Crippen molar-refractivity contribution in [2.24, 2.45) is 0 Å². The van der Waals surface area contributed by atoms with Gasteiger partial charge in [0.15, 0.2) is 0 Å². The highest BCUT2D eigenvalue weighted by Gasteiger charge is 2.24. The molecule has 1 fully saturated rings. The maximum absolute atomic E-state index is 13.3. The number of hydrogen-bond donors (Lipinski definition) is 0. The second-order valence-corrected chi connectivity index (χ2v) is 5.62. The molecule has 0 N–H and O–H groups in total. The van der Waals surface area contributed by atoms with Gasteiger partial charge in [-0.25, -0.2) is 4.39 Å². The summed E-state index contributed by atoms with van der Waals surface area (Å²) in [5, 5.41) is 0.684. The van der Waals surface area contributed by atoms with E-state index >= 15 is 0 Å². The van der Waals surface area contributed by atoms with Crippen molar-refractivity contribution in [3.8, 4) is 0 Å². The summed E-state index contributed by atoms with van der Waals surface area (Å²) >= 11 is 6.52. The number of hydrogen-bond acceptors (Lipinski definition) is 2. The van der Waals surface area contributed by atoms with E-state index in [2.05, 4.69) is 31.9 Å². The highest BCUT2D eigenvalue weighted by atomic mass is 79.9. The summed E-state index contributed by atoms with van der Waals surface area (Å²) in [6.45, 7) is 1.58. The molecule has 1 aliphatic rings. The number of amides is 1. The lowest BCUT2D eigenvalue weighted by Crippen LogP contribution is -2.46. The van der Waals surface area contributed by atoms with Gasteiger partial charge in [-0.2, -0.15) is 0 Å². The van der Waals surface area contributed by atoms with E-state index in [4.69, 9.17) is 4.74 Å². The van der Waals surface area contributed by atoms with Gasteiger partial charge in [-0.05, 0) is 18.2 Å². The molecule has 1 amide bonds. The van der Waals surface area contributed by atoms with Gasteiger partial charge in [-0.1, -0.05) is 31.9 Å². The van der Waals surface area contributed by atoms with E-state index in [0.717, 1.165) is 0 Å². The fourth-order valence-electron chi connectivity index (χ4n) is 1.86. The highest BCUT2D eigenvalue weighted by molar-refractivity contribution is 9.10. The molecule has 1 saturated heterocycles. The Hall–Kier alpha value is -0.460. The summed E-state index contributed by atoms with van der Waals surface area (Å²) in [6, 6.07) is 4.22. The van der Waals surface area contributed by atoms with Crippen LogP contribution in [-0.2, 0) is 4.74 Å². The number of carbonyl (C=O) groups excluding carboxylic acids is 1. The van der Waals surface area contributed by atoms with E-state index < -0.39 is 5.82 Å². The number of carbonyl (C=O) groups is 1. The number of halogens is 3. The van der Waals surface area contributed by atoms with Crippen LogP contribution in [0.3, 0.4) is 0 Å². The first kappa shape index (κ1) is 14.0. The topological polar surface area (TPSA) is 29.5 Å². The second kappa shape index (κ2) is 6.12. The number of morpholine rings is 1. The van der Waals surface area contributed by atoms with Gasteiger partial charge < -0.3 is 9.64 Å². The van der Waals surface area contributed by atoms with Crippen LogP contribution >= 0.6 is 31.9 Å². The molecular weight excluding hydrogens is 369 g/mol. The highest BCUT2D eigenvalue weighted by Crippen LogP contribution is 2.18. The summed E-state index contributed by atoms with van der Waals surface area (Å²) in [5.41, 5.74) is 0.358. The molecule has 1 heterocycles. The minimum Gasteiger partial charge on any atom is -0.374 e. The SMILES string of the molecule is O=C(c1cc(F)cc(Br)c1)N1CCOC(CBr)C1. The van der Waals surface area contributed by atoms with Gasteiger partial charge in [0.1, 0.15) is 5.82 Å². The Bertz CT molecular complexity index is 435. The Morgan fingerprint density at radius 1 is 1.50 bits per heavy atom. The first-order valence-corrected chi connectivity index (χ1v) is 7.44. The maximum Gasteiger partial charge on any atom is 0.254 e. The molecule has 2 rings (SSSR count). The maximum atomic E-state index is 13.3. The Labute approximate surface area is 122 Å². The molecule has 1 atom stereocenters. The van der Waals surface area contributed by atoms with Crippen molar-refractivity contribution in [2.45, 2.75) is 6.10 Å². The largest absolute Gasteiger partial charge is 0.374 e. The molecule has 6 heteroatoms. The van der Waals surface area contributed by atoms with Crippen LogP contribution in [0.5, 0.6) is 0 Å². The third kappa shape index (κ3) is 3.30.